The second kappa shape index (κ2) is 15.8. The maximum absolute atomic E-state index is 12.3. The van der Waals surface area contributed by atoms with Crippen molar-refractivity contribution in [2.45, 2.75) is 78.1 Å². The van der Waals surface area contributed by atoms with Crippen LogP contribution in [0.4, 0.5) is 0 Å². The van der Waals surface area contributed by atoms with E-state index < -0.39 is 11.9 Å². The molecular formula is C28H38O6. The molecule has 186 valence electrons. The van der Waals surface area contributed by atoms with Crippen molar-refractivity contribution in [3.63, 3.8) is 0 Å². The quantitative estimate of drug-likeness (QED) is 0.195. The minimum atomic E-state index is -0.893. The van der Waals surface area contributed by atoms with E-state index in [1.54, 1.807) is 37.3 Å². The van der Waals surface area contributed by atoms with Crippen molar-refractivity contribution >= 4 is 11.9 Å². The average molecular weight is 471 g/mol. The van der Waals surface area contributed by atoms with E-state index in [2.05, 4.69) is 6.92 Å². The van der Waals surface area contributed by atoms with E-state index in [1.165, 1.54) is 38.5 Å². The normalized spacial score (nSPS) is 10.6. The Hall–Kier alpha value is -3.02. The molecule has 2 rings (SSSR count). The van der Waals surface area contributed by atoms with Gasteiger partial charge in [0, 0.05) is 12.0 Å². The Balaban J connectivity index is 2.07. The van der Waals surface area contributed by atoms with Crippen molar-refractivity contribution in [2.75, 3.05) is 13.2 Å². The molecule has 0 amide bonds. The summed E-state index contributed by atoms with van der Waals surface area (Å²) in [6.07, 6.45) is 9.91. The van der Waals surface area contributed by atoms with Crippen molar-refractivity contribution in [1.82, 2.24) is 0 Å². The molecule has 0 radical (unpaired) electrons. The van der Waals surface area contributed by atoms with Gasteiger partial charge in [-0.15, -0.1) is 0 Å². The Morgan fingerprint density at radius 1 is 0.794 bits per heavy atom. The van der Waals surface area contributed by atoms with Crippen LogP contribution in [-0.2, 0) is 16.0 Å². The number of ether oxygens (including phenoxy) is 3. The molecule has 34 heavy (non-hydrogen) atoms. The number of para-hydroxylation sites is 1. The smallest absolute Gasteiger partial charge is 0.341 e. The Morgan fingerprint density at radius 2 is 1.44 bits per heavy atom. The molecule has 6 heteroatoms. The highest BCUT2D eigenvalue weighted by molar-refractivity contribution is 5.92. The molecular weight excluding hydrogens is 432 g/mol. The number of carboxylic acids is 1. The van der Waals surface area contributed by atoms with Gasteiger partial charge in [-0.05, 0) is 44.0 Å². The first-order chi connectivity index (χ1) is 16.6. The van der Waals surface area contributed by atoms with E-state index in [9.17, 15) is 14.7 Å². The van der Waals surface area contributed by atoms with Crippen LogP contribution in [0.3, 0.4) is 0 Å². The fourth-order valence-electron chi connectivity index (χ4n) is 3.72. The largest absolute Gasteiger partial charge is 0.493 e. The summed E-state index contributed by atoms with van der Waals surface area (Å²) < 4.78 is 17.3. The summed E-state index contributed by atoms with van der Waals surface area (Å²) in [5, 5.41) is 9.23. The highest BCUT2D eigenvalue weighted by atomic mass is 16.5. The van der Waals surface area contributed by atoms with Crippen molar-refractivity contribution in [3.8, 4) is 17.2 Å². The summed E-state index contributed by atoms with van der Waals surface area (Å²) in [5.41, 5.74) is 1.00. The Kier molecular flexibility index (Phi) is 12.6. The lowest BCUT2D eigenvalue weighted by atomic mass is 10.1. The molecule has 0 aliphatic rings. The van der Waals surface area contributed by atoms with Crippen LogP contribution in [0, 0.1) is 0 Å². The zero-order chi connectivity index (χ0) is 24.6. The molecule has 0 bridgehead atoms. The van der Waals surface area contributed by atoms with Gasteiger partial charge < -0.3 is 19.3 Å². The van der Waals surface area contributed by atoms with E-state index in [-0.39, 0.29) is 19.4 Å². The van der Waals surface area contributed by atoms with Crippen LogP contribution < -0.4 is 9.47 Å². The number of carbonyl (C=O) groups is 2. The first kappa shape index (κ1) is 27.2. The zero-order valence-electron chi connectivity index (χ0n) is 20.5. The van der Waals surface area contributed by atoms with Gasteiger partial charge in [0.05, 0.1) is 13.2 Å². The lowest BCUT2D eigenvalue weighted by Crippen LogP contribution is -2.08. The first-order valence-electron chi connectivity index (χ1n) is 12.5. The minimum absolute atomic E-state index is 0.0476. The van der Waals surface area contributed by atoms with Gasteiger partial charge in [0.1, 0.15) is 22.8 Å². The number of carboxylic acid groups (broad SMARTS) is 1. The number of esters is 1. The zero-order valence-corrected chi connectivity index (χ0v) is 20.5. The van der Waals surface area contributed by atoms with E-state index in [1.807, 2.05) is 12.1 Å². The van der Waals surface area contributed by atoms with Gasteiger partial charge in [-0.2, -0.15) is 0 Å². The summed E-state index contributed by atoms with van der Waals surface area (Å²) in [7, 11) is 0. The number of benzene rings is 2. The molecule has 2 aromatic rings. The van der Waals surface area contributed by atoms with Gasteiger partial charge >= 0.3 is 11.9 Å². The monoisotopic (exact) mass is 470 g/mol. The van der Waals surface area contributed by atoms with Gasteiger partial charge in [-0.25, -0.2) is 4.79 Å². The van der Waals surface area contributed by atoms with Crippen LogP contribution in [0.25, 0.3) is 0 Å². The first-order valence-corrected chi connectivity index (χ1v) is 12.5. The Bertz CT molecular complexity index is 892. The third-order valence-electron chi connectivity index (χ3n) is 5.54. The van der Waals surface area contributed by atoms with E-state index in [0.717, 1.165) is 12.8 Å². The molecule has 0 aliphatic heterocycles. The fraction of sp³-hybridized carbons (Fsp3) is 0.500. The van der Waals surface area contributed by atoms with E-state index >= 15 is 0 Å². The number of carbonyl (C=O) groups excluding carboxylic acids is 1. The van der Waals surface area contributed by atoms with Crippen LogP contribution in [0.1, 0.15) is 87.6 Å². The summed E-state index contributed by atoms with van der Waals surface area (Å²) in [4.78, 5) is 23.6. The second-order valence-corrected chi connectivity index (χ2v) is 8.27. The topological polar surface area (TPSA) is 82.1 Å². The average Bonchev–Trinajstić information content (AvgIpc) is 2.83. The SMILES string of the molecule is CCCCCCCCCCOc1cccc(Oc2ccccc2C(=O)OCC)c1CCC(=O)O. The van der Waals surface area contributed by atoms with Gasteiger partial charge in [0.15, 0.2) is 0 Å². The Labute approximate surface area is 203 Å². The molecule has 0 saturated heterocycles. The van der Waals surface area contributed by atoms with Crippen molar-refractivity contribution in [3.05, 3.63) is 53.6 Å². The van der Waals surface area contributed by atoms with E-state index in [4.69, 9.17) is 14.2 Å². The molecule has 2 aromatic carbocycles. The molecule has 6 nitrogen and oxygen atoms in total. The minimum Gasteiger partial charge on any atom is -0.493 e. The maximum Gasteiger partial charge on any atom is 0.341 e. The van der Waals surface area contributed by atoms with Gasteiger partial charge in [0.2, 0.25) is 0 Å². The molecule has 0 heterocycles. The number of hydrogen-bond acceptors (Lipinski definition) is 5. The molecule has 0 spiro atoms. The van der Waals surface area contributed by atoms with Crippen molar-refractivity contribution < 1.29 is 28.9 Å². The summed E-state index contributed by atoms with van der Waals surface area (Å²) in [5.74, 6) is 0.0996. The number of aliphatic carboxylic acids is 1. The predicted octanol–water partition coefficient (Wildman–Crippen LogP) is 7.19. The molecule has 0 atom stereocenters. The molecule has 0 saturated carbocycles. The van der Waals surface area contributed by atoms with Gasteiger partial charge in [-0.1, -0.05) is 70.1 Å². The predicted molar refractivity (Wildman–Crippen MR) is 133 cm³/mol. The number of unbranched alkanes of at least 4 members (excludes halogenated alkanes) is 7. The van der Waals surface area contributed by atoms with Gasteiger partial charge in [0.25, 0.3) is 0 Å². The molecule has 1 N–H and O–H groups in total. The molecule has 0 unspecified atom stereocenters. The molecule has 0 aromatic heterocycles. The highest BCUT2D eigenvalue weighted by Crippen LogP contribution is 2.35. The second-order valence-electron chi connectivity index (χ2n) is 8.27. The third kappa shape index (κ3) is 9.46. The standard InChI is InChI=1S/C28H38O6/c1-3-5-6-7-8-9-10-13-21-33-24-17-14-18-25(22(24)19-20-27(29)30)34-26-16-12-11-15-23(26)28(31)32-4-2/h11-12,14-18H,3-10,13,19-21H2,1-2H3,(H,29,30). The third-order valence-corrected chi connectivity index (χ3v) is 5.54. The lowest BCUT2D eigenvalue weighted by Gasteiger charge is -2.17. The van der Waals surface area contributed by atoms with E-state index in [0.29, 0.717) is 35.0 Å². The van der Waals surface area contributed by atoms with Crippen LogP contribution in [0.15, 0.2) is 42.5 Å². The van der Waals surface area contributed by atoms with Crippen LogP contribution in [-0.4, -0.2) is 30.3 Å². The fourth-order valence-corrected chi connectivity index (χ4v) is 3.72. The summed E-state index contributed by atoms with van der Waals surface area (Å²) in [6, 6.07) is 12.3. The lowest BCUT2D eigenvalue weighted by molar-refractivity contribution is -0.136. The highest BCUT2D eigenvalue weighted by Gasteiger charge is 2.18. The number of hydrogen-bond donors (Lipinski definition) is 1. The summed E-state index contributed by atoms with van der Waals surface area (Å²) >= 11 is 0. The molecule has 0 aliphatic carbocycles. The van der Waals surface area contributed by atoms with Gasteiger partial charge in [-0.3, -0.25) is 4.79 Å². The van der Waals surface area contributed by atoms with Crippen LogP contribution >= 0.6 is 0 Å². The van der Waals surface area contributed by atoms with Crippen molar-refractivity contribution in [2.24, 2.45) is 0 Å². The summed E-state index contributed by atoms with van der Waals surface area (Å²) in [6.45, 7) is 4.80. The molecule has 0 fully saturated rings. The van der Waals surface area contributed by atoms with Crippen LogP contribution in [0.2, 0.25) is 0 Å². The van der Waals surface area contributed by atoms with Crippen LogP contribution in [0.5, 0.6) is 17.2 Å². The number of rotatable bonds is 17. The Morgan fingerprint density at radius 3 is 2.15 bits per heavy atom. The van der Waals surface area contributed by atoms with Crippen molar-refractivity contribution in [1.29, 1.82) is 0 Å². The maximum atomic E-state index is 12.3.